The first-order valence-corrected chi connectivity index (χ1v) is 11.3. The van der Waals surface area contributed by atoms with Crippen LogP contribution in [0.4, 0.5) is 9.52 Å². The maximum Gasteiger partial charge on any atom is 0.242 e. The van der Waals surface area contributed by atoms with Crippen molar-refractivity contribution in [1.82, 2.24) is 19.6 Å². The van der Waals surface area contributed by atoms with Gasteiger partial charge in [-0.2, -0.15) is 4.37 Å². The van der Waals surface area contributed by atoms with Crippen LogP contribution in [-0.2, 0) is 11.2 Å². The number of carbonyl (C=O) groups is 1. The number of hydrogen-bond acceptors (Lipinski definition) is 6. The number of nitrogens with zero attached hydrogens (tertiary/aromatic N) is 4. The fourth-order valence-electron chi connectivity index (χ4n) is 4.12. The van der Waals surface area contributed by atoms with E-state index in [2.05, 4.69) is 24.5 Å². The summed E-state index contributed by atoms with van der Waals surface area (Å²) in [5.41, 5.74) is 0.976. The van der Waals surface area contributed by atoms with Crippen LogP contribution in [0.2, 0.25) is 0 Å². The normalized spacial score (nSPS) is 20.2. The molecule has 3 heterocycles. The lowest BCUT2D eigenvalue weighted by molar-refractivity contribution is -0.122. The Labute approximate surface area is 175 Å². The third-order valence-electron chi connectivity index (χ3n) is 5.71. The summed E-state index contributed by atoms with van der Waals surface area (Å²) in [4.78, 5) is 21.9. The van der Waals surface area contributed by atoms with E-state index in [0.29, 0.717) is 18.8 Å². The predicted molar refractivity (Wildman–Crippen MR) is 113 cm³/mol. The molecule has 156 valence electrons. The van der Waals surface area contributed by atoms with Crippen LogP contribution in [0.1, 0.15) is 43.5 Å². The van der Waals surface area contributed by atoms with Gasteiger partial charge in [0.15, 0.2) is 0 Å². The summed E-state index contributed by atoms with van der Waals surface area (Å²) in [7, 11) is 0. The Morgan fingerprint density at radius 3 is 2.72 bits per heavy atom. The van der Waals surface area contributed by atoms with Gasteiger partial charge in [0, 0.05) is 37.6 Å². The quantitative estimate of drug-likeness (QED) is 0.751. The first kappa shape index (κ1) is 20.2. The average Bonchev–Trinajstić information content (AvgIpc) is 3.40. The van der Waals surface area contributed by atoms with Crippen molar-refractivity contribution < 1.29 is 9.18 Å². The maximum atomic E-state index is 13.1. The van der Waals surface area contributed by atoms with Crippen LogP contribution in [0, 0.1) is 5.82 Å². The number of likely N-dealkylation sites (tertiary alicyclic amines) is 1. The first-order valence-electron chi connectivity index (χ1n) is 10.5. The summed E-state index contributed by atoms with van der Waals surface area (Å²) in [6, 6.07) is 6.25. The fraction of sp³-hybridized carbons (Fsp3) is 0.571. The molecule has 0 bridgehead atoms. The summed E-state index contributed by atoms with van der Waals surface area (Å²) in [6.07, 6.45) is 6.25. The van der Waals surface area contributed by atoms with Gasteiger partial charge >= 0.3 is 0 Å². The van der Waals surface area contributed by atoms with Gasteiger partial charge in [-0.15, -0.1) is 0 Å². The molecule has 1 unspecified atom stereocenters. The number of nitrogens with one attached hydrogen (secondary N) is 1. The number of aromatic nitrogens is 2. The molecule has 2 aliphatic heterocycles. The predicted octanol–water partition coefficient (Wildman–Crippen LogP) is 2.84. The lowest BCUT2D eigenvalue weighted by Gasteiger charge is -2.27. The van der Waals surface area contributed by atoms with Crippen LogP contribution in [0.3, 0.4) is 0 Å². The number of benzene rings is 1. The molecule has 2 aliphatic rings. The van der Waals surface area contributed by atoms with Crippen LogP contribution in [0.15, 0.2) is 24.3 Å². The van der Waals surface area contributed by atoms with Gasteiger partial charge in [0.25, 0.3) is 0 Å². The zero-order chi connectivity index (χ0) is 20.1. The van der Waals surface area contributed by atoms with Gasteiger partial charge in [-0.25, -0.2) is 9.37 Å². The van der Waals surface area contributed by atoms with Gasteiger partial charge < -0.3 is 15.1 Å². The summed E-state index contributed by atoms with van der Waals surface area (Å²) < 4.78 is 17.5. The van der Waals surface area contributed by atoms with Crippen LogP contribution in [0.25, 0.3) is 0 Å². The minimum atomic E-state index is -0.244. The number of amides is 1. The Hall–Kier alpha value is -2.06. The summed E-state index contributed by atoms with van der Waals surface area (Å²) >= 11 is 1.34. The first-order chi connectivity index (χ1) is 14.2. The zero-order valence-electron chi connectivity index (χ0n) is 16.6. The minimum Gasteiger partial charge on any atom is -0.353 e. The average molecular weight is 418 g/mol. The highest BCUT2D eigenvalue weighted by molar-refractivity contribution is 7.09. The molecule has 8 heteroatoms. The monoisotopic (exact) mass is 417 g/mol. The van der Waals surface area contributed by atoms with E-state index in [-0.39, 0.29) is 17.8 Å². The van der Waals surface area contributed by atoms with E-state index in [1.807, 2.05) is 0 Å². The van der Waals surface area contributed by atoms with E-state index >= 15 is 0 Å². The van der Waals surface area contributed by atoms with Crippen molar-refractivity contribution in [1.29, 1.82) is 0 Å². The van der Waals surface area contributed by atoms with Gasteiger partial charge in [-0.3, -0.25) is 4.79 Å². The van der Waals surface area contributed by atoms with Crippen molar-refractivity contribution >= 4 is 22.6 Å². The van der Waals surface area contributed by atoms with Gasteiger partial charge in [0.1, 0.15) is 17.7 Å². The molecule has 1 aromatic heterocycles. The highest BCUT2D eigenvalue weighted by atomic mass is 32.1. The molecular weight excluding hydrogens is 389 g/mol. The largest absolute Gasteiger partial charge is 0.353 e. The minimum absolute atomic E-state index is 0.0924. The van der Waals surface area contributed by atoms with Crippen molar-refractivity contribution in [3.63, 3.8) is 0 Å². The van der Waals surface area contributed by atoms with Crippen LogP contribution in [0.5, 0.6) is 0 Å². The Kier molecular flexibility index (Phi) is 6.71. The standard InChI is InChI=1S/C21H28FN5OS/c22-17-8-6-16(7-9-17)15-19-24-21(29-25-19)27-13-4-5-18(27)20(28)23-10-14-26-11-2-1-3-12-26/h6-9,18H,1-5,10-15H2,(H,23,28). The third kappa shape index (κ3) is 5.30. The molecular formula is C21H28FN5OS. The van der Waals surface area contributed by atoms with Crippen molar-refractivity contribution in [2.75, 3.05) is 37.6 Å². The van der Waals surface area contributed by atoms with Crippen LogP contribution < -0.4 is 10.2 Å². The number of halogens is 1. The number of piperidine rings is 1. The molecule has 29 heavy (non-hydrogen) atoms. The van der Waals surface area contributed by atoms with Crippen LogP contribution in [-0.4, -0.2) is 58.9 Å². The van der Waals surface area contributed by atoms with E-state index in [1.165, 1.54) is 42.9 Å². The number of hydrogen-bond donors (Lipinski definition) is 1. The van der Waals surface area contributed by atoms with Gasteiger partial charge in [0.2, 0.25) is 11.0 Å². The number of anilines is 1. The summed E-state index contributed by atoms with van der Waals surface area (Å²) in [6.45, 7) is 4.75. The summed E-state index contributed by atoms with van der Waals surface area (Å²) in [5, 5.41) is 3.92. The summed E-state index contributed by atoms with van der Waals surface area (Å²) in [5.74, 6) is 0.564. The smallest absolute Gasteiger partial charge is 0.242 e. The molecule has 2 fully saturated rings. The van der Waals surface area contributed by atoms with E-state index < -0.39 is 0 Å². The fourth-order valence-corrected chi connectivity index (χ4v) is 4.89. The lowest BCUT2D eigenvalue weighted by Crippen LogP contribution is -2.46. The Bertz CT molecular complexity index is 806. The van der Waals surface area contributed by atoms with E-state index in [9.17, 15) is 9.18 Å². The second-order valence-electron chi connectivity index (χ2n) is 7.84. The lowest BCUT2D eigenvalue weighted by atomic mass is 10.1. The third-order valence-corrected chi connectivity index (χ3v) is 6.50. The van der Waals surface area contributed by atoms with Gasteiger partial charge in [-0.1, -0.05) is 18.6 Å². The molecule has 0 saturated carbocycles. The van der Waals surface area contributed by atoms with Crippen molar-refractivity contribution in [2.45, 2.75) is 44.6 Å². The molecule has 0 aliphatic carbocycles. The molecule has 0 spiro atoms. The van der Waals surface area contributed by atoms with Crippen molar-refractivity contribution in [3.8, 4) is 0 Å². The molecule has 0 radical (unpaired) electrons. The van der Waals surface area contributed by atoms with E-state index in [0.717, 1.165) is 49.7 Å². The SMILES string of the molecule is O=C(NCCN1CCCCC1)C1CCCN1c1nc(Cc2ccc(F)cc2)ns1. The molecule has 2 saturated heterocycles. The Morgan fingerprint density at radius 2 is 1.93 bits per heavy atom. The second-order valence-corrected chi connectivity index (χ2v) is 8.57. The number of carbonyl (C=O) groups excluding carboxylic acids is 1. The van der Waals surface area contributed by atoms with Gasteiger partial charge in [-0.05, 0) is 56.5 Å². The maximum absolute atomic E-state index is 13.1. The highest BCUT2D eigenvalue weighted by Crippen LogP contribution is 2.27. The second kappa shape index (κ2) is 9.63. The van der Waals surface area contributed by atoms with Gasteiger partial charge in [0.05, 0.1) is 0 Å². The number of rotatable bonds is 7. The Balaban J connectivity index is 1.31. The van der Waals surface area contributed by atoms with E-state index in [1.54, 1.807) is 12.1 Å². The molecule has 6 nitrogen and oxygen atoms in total. The van der Waals surface area contributed by atoms with Crippen molar-refractivity contribution in [2.24, 2.45) is 0 Å². The molecule has 1 N–H and O–H groups in total. The molecule has 2 aromatic rings. The molecule has 1 atom stereocenters. The topological polar surface area (TPSA) is 61.4 Å². The van der Waals surface area contributed by atoms with Crippen molar-refractivity contribution in [3.05, 3.63) is 41.5 Å². The zero-order valence-corrected chi connectivity index (χ0v) is 17.5. The molecule has 4 rings (SSSR count). The van der Waals surface area contributed by atoms with E-state index in [4.69, 9.17) is 0 Å². The highest BCUT2D eigenvalue weighted by Gasteiger charge is 2.32. The van der Waals surface area contributed by atoms with Crippen LogP contribution >= 0.6 is 11.5 Å². The molecule has 1 amide bonds. The molecule has 1 aromatic carbocycles. The Morgan fingerprint density at radius 1 is 1.14 bits per heavy atom.